The van der Waals surface area contributed by atoms with E-state index in [-0.39, 0.29) is 0 Å². The molecule has 0 aliphatic carbocycles. The molecule has 0 spiro atoms. The maximum Gasteiger partial charge on any atom is 0.164 e. The smallest absolute Gasteiger partial charge is 0.164 e. The van der Waals surface area contributed by atoms with Crippen LogP contribution < -0.4 is 0 Å². The Morgan fingerprint density at radius 2 is 2.06 bits per heavy atom. The first-order chi connectivity index (χ1) is 8.13. The largest absolute Gasteiger partial charge is 0.308 e. The zero-order valence-electron chi connectivity index (χ0n) is 10.3. The Balaban J connectivity index is 2.56. The predicted octanol–water partition coefficient (Wildman–Crippen LogP) is 3.73. The second-order valence-corrected chi connectivity index (χ2v) is 4.97. The molecule has 0 saturated carbocycles. The van der Waals surface area contributed by atoms with Gasteiger partial charge in [-0.1, -0.05) is 39.7 Å². The lowest BCUT2D eigenvalue weighted by Gasteiger charge is -2.13. The van der Waals surface area contributed by atoms with Crippen LogP contribution in [-0.2, 0) is 5.33 Å². The number of rotatable bonds is 3. The Labute approximate surface area is 110 Å². The van der Waals surface area contributed by atoms with Gasteiger partial charge in [-0.2, -0.15) is 0 Å². The van der Waals surface area contributed by atoms with Crippen LogP contribution in [0.25, 0.3) is 11.4 Å². The first kappa shape index (κ1) is 12.3. The number of halogens is 1. The summed E-state index contributed by atoms with van der Waals surface area (Å²) < 4.78 is 2.17. The van der Waals surface area contributed by atoms with Crippen LogP contribution in [0.5, 0.6) is 0 Å². The van der Waals surface area contributed by atoms with Crippen LogP contribution in [-0.4, -0.2) is 14.8 Å². The molecule has 0 amide bonds. The lowest BCUT2D eigenvalue weighted by atomic mass is 10.1. The van der Waals surface area contributed by atoms with Crippen LogP contribution in [0.2, 0.25) is 0 Å². The van der Waals surface area contributed by atoms with E-state index in [4.69, 9.17) is 0 Å². The average Bonchev–Trinajstić information content (AvgIpc) is 2.72. The van der Waals surface area contributed by atoms with E-state index < -0.39 is 0 Å². The van der Waals surface area contributed by atoms with Gasteiger partial charge in [0.05, 0.1) is 5.33 Å². The molecule has 4 heteroatoms. The van der Waals surface area contributed by atoms with Gasteiger partial charge in [-0.15, -0.1) is 10.2 Å². The highest BCUT2D eigenvalue weighted by Gasteiger charge is 2.15. The van der Waals surface area contributed by atoms with Crippen molar-refractivity contribution in [1.82, 2.24) is 14.8 Å². The van der Waals surface area contributed by atoms with Crippen LogP contribution in [0, 0.1) is 6.92 Å². The lowest BCUT2D eigenvalue weighted by Crippen LogP contribution is -2.06. The van der Waals surface area contributed by atoms with Crippen LogP contribution in [0.3, 0.4) is 0 Å². The SMILES string of the molecule is Cc1cccc(-c2nnc(CBr)n2C(C)C)c1. The van der Waals surface area contributed by atoms with Gasteiger partial charge in [-0.05, 0) is 26.8 Å². The summed E-state index contributed by atoms with van der Waals surface area (Å²) in [5.74, 6) is 1.91. The number of hydrogen-bond donors (Lipinski definition) is 0. The van der Waals surface area contributed by atoms with E-state index in [1.165, 1.54) is 5.56 Å². The summed E-state index contributed by atoms with van der Waals surface area (Å²) in [6.45, 7) is 6.38. The molecule has 0 atom stereocenters. The molecule has 0 aliphatic rings. The van der Waals surface area contributed by atoms with Crippen molar-refractivity contribution in [1.29, 1.82) is 0 Å². The molecule has 0 aliphatic heterocycles. The summed E-state index contributed by atoms with van der Waals surface area (Å²) in [5.41, 5.74) is 2.36. The van der Waals surface area contributed by atoms with Gasteiger partial charge in [0, 0.05) is 11.6 Å². The van der Waals surface area contributed by atoms with E-state index >= 15 is 0 Å². The number of benzene rings is 1. The molecule has 90 valence electrons. The highest BCUT2D eigenvalue weighted by Crippen LogP contribution is 2.24. The molecule has 0 fully saturated rings. The first-order valence-electron chi connectivity index (χ1n) is 5.70. The molecule has 1 aromatic carbocycles. The van der Waals surface area contributed by atoms with E-state index in [1.54, 1.807) is 0 Å². The standard InChI is InChI=1S/C13H16BrN3/c1-9(2)17-12(8-14)15-16-13(17)11-6-4-5-10(3)7-11/h4-7,9H,8H2,1-3H3. The summed E-state index contributed by atoms with van der Waals surface area (Å²) >= 11 is 3.45. The summed E-state index contributed by atoms with van der Waals surface area (Å²) in [5, 5.41) is 9.26. The zero-order valence-corrected chi connectivity index (χ0v) is 11.9. The molecule has 17 heavy (non-hydrogen) atoms. The fourth-order valence-corrected chi connectivity index (χ4v) is 2.32. The second kappa shape index (κ2) is 5.00. The normalized spacial score (nSPS) is 11.1. The number of aromatic nitrogens is 3. The molecule has 2 rings (SSSR count). The topological polar surface area (TPSA) is 30.7 Å². The molecule has 0 N–H and O–H groups in total. The summed E-state index contributed by atoms with van der Waals surface area (Å²) in [7, 11) is 0. The second-order valence-electron chi connectivity index (χ2n) is 4.41. The Morgan fingerprint density at radius 3 is 2.65 bits per heavy atom. The monoisotopic (exact) mass is 293 g/mol. The minimum Gasteiger partial charge on any atom is -0.308 e. The van der Waals surface area contributed by atoms with Crippen molar-refractivity contribution in [3.63, 3.8) is 0 Å². The van der Waals surface area contributed by atoms with Crippen molar-refractivity contribution in [3.05, 3.63) is 35.7 Å². The van der Waals surface area contributed by atoms with Crippen LogP contribution in [0.15, 0.2) is 24.3 Å². The van der Waals surface area contributed by atoms with Gasteiger partial charge >= 0.3 is 0 Å². The molecule has 0 bridgehead atoms. The Kier molecular flexibility index (Phi) is 3.62. The fraction of sp³-hybridized carbons (Fsp3) is 0.385. The highest BCUT2D eigenvalue weighted by atomic mass is 79.9. The van der Waals surface area contributed by atoms with Crippen LogP contribution in [0.1, 0.15) is 31.3 Å². The molecular weight excluding hydrogens is 278 g/mol. The van der Waals surface area contributed by atoms with Gasteiger partial charge < -0.3 is 4.57 Å². The third kappa shape index (κ3) is 2.41. The lowest BCUT2D eigenvalue weighted by molar-refractivity contribution is 0.586. The van der Waals surface area contributed by atoms with Crippen molar-refractivity contribution in [2.75, 3.05) is 0 Å². The minimum atomic E-state index is 0.355. The molecule has 0 unspecified atom stereocenters. The summed E-state index contributed by atoms with van der Waals surface area (Å²) in [6, 6.07) is 8.71. The zero-order chi connectivity index (χ0) is 12.4. The van der Waals surface area contributed by atoms with E-state index in [2.05, 4.69) is 75.7 Å². The average molecular weight is 294 g/mol. The van der Waals surface area contributed by atoms with Gasteiger partial charge in [0.1, 0.15) is 5.82 Å². The van der Waals surface area contributed by atoms with E-state index in [1.807, 2.05) is 0 Å². The van der Waals surface area contributed by atoms with Crippen molar-refractivity contribution >= 4 is 15.9 Å². The summed E-state index contributed by atoms with van der Waals surface area (Å²) in [6.07, 6.45) is 0. The van der Waals surface area contributed by atoms with E-state index in [0.717, 1.165) is 22.5 Å². The van der Waals surface area contributed by atoms with Gasteiger partial charge in [0.15, 0.2) is 5.82 Å². The third-order valence-electron chi connectivity index (χ3n) is 2.68. The van der Waals surface area contributed by atoms with Crippen LogP contribution in [0.4, 0.5) is 0 Å². The molecule has 1 aromatic heterocycles. The minimum absolute atomic E-state index is 0.355. The molecule has 0 radical (unpaired) electrons. The molecule has 3 nitrogen and oxygen atoms in total. The predicted molar refractivity (Wildman–Crippen MR) is 73.2 cm³/mol. The Bertz CT molecular complexity index is 517. The van der Waals surface area contributed by atoms with Gasteiger partial charge in [0.2, 0.25) is 0 Å². The maximum absolute atomic E-state index is 4.30. The van der Waals surface area contributed by atoms with Crippen molar-refractivity contribution in [2.24, 2.45) is 0 Å². The molecule has 1 heterocycles. The third-order valence-corrected chi connectivity index (χ3v) is 3.18. The number of aryl methyl sites for hydroxylation is 1. The van der Waals surface area contributed by atoms with Crippen molar-refractivity contribution in [3.8, 4) is 11.4 Å². The quantitative estimate of drug-likeness (QED) is 0.808. The van der Waals surface area contributed by atoms with Gasteiger partial charge in [0.25, 0.3) is 0 Å². The Hall–Kier alpha value is -1.16. The van der Waals surface area contributed by atoms with E-state index in [0.29, 0.717) is 6.04 Å². The first-order valence-corrected chi connectivity index (χ1v) is 6.82. The van der Waals surface area contributed by atoms with Gasteiger partial charge in [-0.3, -0.25) is 0 Å². The van der Waals surface area contributed by atoms with Gasteiger partial charge in [-0.25, -0.2) is 0 Å². The highest BCUT2D eigenvalue weighted by molar-refractivity contribution is 9.08. The number of alkyl halides is 1. The van der Waals surface area contributed by atoms with E-state index in [9.17, 15) is 0 Å². The molecule has 0 saturated heterocycles. The van der Waals surface area contributed by atoms with Crippen molar-refractivity contribution in [2.45, 2.75) is 32.1 Å². The van der Waals surface area contributed by atoms with Crippen molar-refractivity contribution < 1.29 is 0 Å². The van der Waals surface area contributed by atoms with Crippen LogP contribution >= 0.6 is 15.9 Å². The number of hydrogen-bond acceptors (Lipinski definition) is 2. The molecular formula is C13H16BrN3. The number of nitrogens with zero attached hydrogens (tertiary/aromatic N) is 3. The summed E-state index contributed by atoms with van der Waals surface area (Å²) in [4.78, 5) is 0. The maximum atomic E-state index is 4.30. The Morgan fingerprint density at radius 1 is 1.29 bits per heavy atom. The molecule has 2 aromatic rings. The fourth-order valence-electron chi connectivity index (χ4n) is 1.94.